The van der Waals surface area contributed by atoms with Crippen LogP contribution < -0.4 is 5.32 Å². The monoisotopic (exact) mass is 242 g/mol. The summed E-state index contributed by atoms with van der Waals surface area (Å²) in [6.45, 7) is 2.04. The summed E-state index contributed by atoms with van der Waals surface area (Å²) in [4.78, 5) is 5.65. The topological polar surface area (TPSA) is 24.5 Å². The minimum atomic E-state index is 0.547. The highest BCUT2D eigenvalue weighted by molar-refractivity contribution is 7.80. The molecule has 3 nitrogen and oxygen atoms in total. The average molecular weight is 242 g/mol. The Morgan fingerprint density at radius 1 is 1.00 bits per heavy atom. The first-order valence-corrected chi connectivity index (χ1v) is 6.99. The lowest BCUT2D eigenvalue weighted by molar-refractivity contribution is -0.0872. The van der Waals surface area contributed by atoms with Gasteiger partial charge < -0.3 is 10.2 Å². The Morgan fingerprint density at radius 3 is 2.31 bits per heavy atom. The summed E-state index contributed by atoms with van der Waals surface area (Å²) < 4.78 is 0. The molecule has 1 aliphatic heterocycles. The van der Waals surface area contributed by atoms with Crippen LogP contribution in [0.25, 0.3) is 0 Å². The Hall–Kier alpha value is -0.350. The van der Waals surface area contributed by atoms with E-state index in [-0.39, 0.29) is 0 Å². The van der Waals surface area contributed by atoms with Crippen molar-refractivity contribution in [1.82, 2.24) is 10.4 Å². The molecule has 1 heterocycles. The van der Waals surface area contributed by atoms with Crippen LogP contribution in [0.4, 0.5) is 0 Å². The SMILES string of the molecule is S=C(NC1CCCCC1)ON1CCCCC1. The van der Waals surface area contributed by atoms with Gasteiger partial charge in [0.1, 0.15) is 0 Å². The number of hydrogen-bond donors (Lipinski definition) is 1. The van der Waals surface area contributed by atoms with E-state index in [4.69, 9.17) is 17.1 Å². The highest BCUT2D eigenvalue weighted by Gasteiger charge is 2.17. The second-order valence-electron chi connectivity index (χ2n) is 4.85. The van der Waals surface area contributed by atoms with Crippen LogP contribution in [0.15, 0.2) is 0 Å². The molecular weight excluding hydrogens is 220 g/mol. The van der Waals surface area contributed by atoms with E-state index in [1.807, 2.05) is 5.06 Å². The van der Waals surface area contributed by atoms with E-state index in [1.54, 1.807) is 0 Å². The standard InChI is InChI=1S/C12H22N2OS/c16-12(13-11-7-3-1-4-8-11)15-14-9-5-2-6-10-14/h11H,1-10H2,(H,13,16). The molecule has 1 saturated heterocycles. The van der Waals surface area contributed by atoms with Crippen molar-refractivity contribution in [1.29, 1.82) is 0 Å². The van der Waals surface area contributed by atoms with E-state index >= 15 is 0 Å². The van der Waals surface area contributed by atoms with Gasteiger partial charge in [0.15, 0.2) is 0 Å². The number of nitrogens with one attached hydrogen (secondary N) is 1. The van der Waals surface area contributed by atoms with Crippen LogP contribution in [-0.2, 0) is 4.84 Å². The number of thiocarbonyl (C=S) groups is 1. The molecule has 2 aliphatic rings. The normalized spacial score (nSPS) is 24.0. The van der Waals surface area contributed by atoms with Crippen LogP contribution in [0.5, 0.6) is 0 Å². The second-order valence-corrected chi connectivity index (χ2v) is 5.22. The number of nitrogens with zero attached hydrogens (tertiary/aromatic N) is 1. The van der Waals surface area contributed by atoms with E-state index in [0.29, 0.717) is 11.2 Å². The first kappa shape index (κ1) is 12.1. The average Bonchev–Trinajstić information content (AvgIpc) is 2.31. The minimum absolute atomic E-state index is 0.547. The van der Waals surface area contributed by atoms with Gasteiger partial charge in [0.25, 0.3) is 5.17 Å². The van der Waals surface area contributed by atoms with Gasteiger partial charge in [0.05, 0.1) is 0 Å². The predicted octanol–water partition coefficient (Wildman–Crippen LogP) is 2.61. The molecular formula is C12H22N2OS. The fraction of sp³-hybridized carbons (Fsp3) is 0.917. The Labute approximate surface area is 103 Å². The summed E-state index contributed by atoms with van der Waals surface area (Å²) in [6.07, 6.45) is 10.3. The molecule has 2 fully saturated rings. The van der Waals surface area contributed by atoms with Gasteiger partial charge in [-0.15, -0.1) is 5.06 Å². The summed E-state index contributed by atoms with van der Waals surface area (Å²) in [5.41, 5.74) is 0. The van der Waals surface area contributed by atoms with Crippen LogP contribution in [0.1, 0.15) is 51.4 Å². The Bertz CT molecular complexity index is 201. The number of piperidine rings is 1. The van der Waals surface area contributed by atoms with Gasteiger partial charge in [-0.3, -0.25) is 0 Å². The summed E-state index contributed by atoms with van der Waals surface area (Å²) in [7, 11) is 0. The zero-order valence-corrected chi connectivity index (χ0v) is 10.7. The van der Waals surface area contributed by atoms with Gasteiger partial charge in [0.2, 0.25) is 0 Å². The molecule has 0 spiro atoms. The Balaban J connectivity index is 1.66. The number of rotatable bonds is 2. The van der Waals surface area contributed by atoms with Crippen molar-refractivity contribution in [3.05, 3.63) is 0 Å². The van der Waals surface area contributed by atoms with E-state index < -0.39 is 0 Å². The van der Waals surface area contributed by atoms with Gasteiger partial charge in [-0.2, -0.15) is 0 Å². The molecule has 1 saturated carbocycles. The fourth-order valence-electron chi connectivity index (χ4n) is 2.51. The maximum absolute atomic E-state index is 5.65. The minimum Gasteiger partial charge on any atom is -0.376 e. The van der Waals surface area contributed by atoms with Crippen molar-refractivity contribution >= 4 is 17.4 Å². The first-order chi connectivity index (χ1) is 7.84. The van der Waals surface area contributed by atoms with E-state index in [9.17, 15) is 0 Å². The highest BCUT2D eigenvalue weighted by Crippen LogP contribution is 2.17. The molecule has 4 heteroatoms. The predicted molar refractivity (Wildman–Crippen MR) is 69.1 cm³/mol. The van der Waals surface area contributed by atoms with Crippen LogP contribution in [-0.4, -0.2) is 29.4 Å². The molecule has 0 amide bonds. The summed E-state index contributed by atoms with van der Waals surface area (Å²) in [5, 5.41) is 5.91. The quantitative estimate of drug-likeness (QED) is 0.752. The molecule has 0 aromatic carbocycles. The molecule has 0 radical (unpaired) electrons. The summed E-state index contributed by atoms with van der Waals surface area (Å²) in [6, 6.07) is 0.547. The maximum atomic E-state index is 5.65. The molecule has 0 atom stereocenters. The third-order valence-electron chi connectivity index (χ3n) is 3.45. The molecule has 92 valence electrons. The van der Waals surface area contributed by atoms with Gasteiger partial charge in [0, 0.05) is 19.1 Å². The van der Waals surface area contributed by atoms with Crippen LogP contribution in [0, 0.1) is 0 Å². The van der Waals surface area contributed by atoms with Gasteiger partial charge >= 0.3 is 0 Å². The van der Waals surface area contributed by atoms with Crippen molar-refractivity contribution in [2.75, 3.05) is 13.1 Å². The molecule has 16 heavy (non-hydrogen) atoms. The maximum Gasteiger partial charge on any atom is 0.278 e. The third kappa shape index (κ3) is 3.91. The molecule has 0 aromatic rings. The molecule has 0 aromatic heterocycles. The van der Waals surface area contributed by atoms with Crippen molar-refractivity contribution < 1.29 is 4.84 Å². The molecule has 0 bridgehead atoms. The van der Waals surface area contributed by atoms with E-state index in [2.05, 4.69) is 5.32 Å². The van der Waals surface area contributed by atoms with Crippen molar-refractivity contribution in [3.8, 4) is 0 Å². The summed E-state index contributed by atoms with van der Waals surface area (Å²) in [5.74, 6) is 0. The van der Waals surface area contributed by atoms with Crippen LogP contribution >= 0.6 is 12.2 Å². The van der Waals surface area contributed by atoms with Crippen LogP contribution in [0.2, 0.25) is 0 Å². The molecule has 1 aliphatic carbocycles. The van der Waals surface area contributed by atoms with E-state index in [0.717, 1.165) is 13.1 Å². The fourth-order valence-corrected chi connectivity index (χ4v) is 2.79. The van der Waals surface area contributed by atoms with Crippen molar-refractivity contribution in [2.45, 2.75) is 57.4 Å². The lowest BCUT2D eigenvalue weighted by Gasteiger charge is -2.29. The number of hydroxylamine groups is 2. The second kappa shape index (κ2) is 6.40. The van der Waals surface area contributed by atoms with Gasteiger partial charge in [-0.1, -0.05) is 25.7 Å². The molecule has 0 unspecified atom stereocenters. The lowest BCUT2D eigenvalue weighted by Crippen LogP contribution is -2.41. The largest absolute Gasteiger partial charge is 0.376 e. The van der Waals surface area contributed by atoms with E-state index in [1.165, 1.54) is 51.4 Å². The molecule has 1 N–H and O–H groups in total. The van der Waals surface area contributed by atoms with Gasteiger partial charge in [-0.05, 0) is 37.9 Å². The Morgan fingerprint density at radius 2 is 1.62 bits per heavy atom. The highest BCUT2D eigenvalue weighted by atomic mass is 32.1. The zero-order valence-electron chi connectivity index (χ0n) is 9.91. The zero-order chi connectivity index (χ0) is 11.2. The Kier molecular flexibility index (Phi) is 4.85. The first-order valence-electron chi connectivity index (χ1n) is 6.58. The number of hydrogen-bond acceptors (Lipinski definition) is 3. The van der Waals surface area contributed by atoms with Crippen molar-refractivity contribution in [3.63, 3.8) is 0 Å². The third-order valence-corrected chi connectivity index (χ3v) is 3.65. The van der Waals surface area contributed by atoms with Crippen molar-refractivity contribution in [2.24, 2.45) is 0 Å². The smallest absolute Gasteiger partial charge is 0.278 e. The van der Waals surface area contributed by atoms with Gasteiger partial charge in [-0.25, -0.2) is 0 Å². The lowest BCUT2D eigenvalue weighted by atomic mass is 9.96. The molecule has 2 rings (SSSR count). The van der Waals surface area contributed by atoms with Crippen LogP contribution in [0.3, 0.4) is 0 Å². The summed E-state index contributed by atoms with van der Waals surface area (Å²) >= 11 is 5.24.